The van der Waals surface area contributed by atoms with E-state index < -0.39 is 17.9 Å². The molecule has 0 spiro atoms. The van der Waals surface area contributed by atoms with Crippen molar-refractivity contribution in [2.45, 2.75) is 30.8 Å². The molecule has 0 atom stereocenters. The molecule has 0 bridgehead atoms. The van der Waals surface area contributed by atoms with Crippen molar-refractivity contribution in [3.8, 4) is 17.2 Å². The van der Waals surface area contributed by atoms with E-state index in [0.717, 1.165) is 47.9 Å². The molecule has 0 unspecified atom stereocenters. The first-order valence-electron chi connectivity index (χ1n) is 15.0. The van der Waals surface area contributed by atoms with E-state index in [2.05, 4.69) is 23.1 Å². The van der Waals surface area contributed by atoms with Gasteiger partial charge in [-0.2, -0.15) is 0 Å². The third kappa shape index (κ3) is 15.2. The smallest absolute Gasteiger partial charge is 0.336 e. The fourth-order valence-electron chi connectivity index (χ4n) is 3.61. The number of nitrogens with zero attached hydrogens (tertiary/aromatic N) is 2. The Morgan fingerprint density at radius 3 is 1.54 bits per heavy atom. The summed E-state index contributed by atoms with van der Waals surface area (Å²) in [7, 11) is 0. The monoisotopic (exact) mass is 672 g/mol. The topological polar surface area (TPSA) is 140 Å². The van der Waals surface area contributed by atoms with Crippen LogP contribution < -0.4 is 14.2 Å². The van der Waals surface area contributed by atoms with E-state index in [-0.39, 0.29) is 16.0 Å². The first kappa shape index (κ1) is 37.0. The van der Waals surface area contributed by atoms with E-state index in [4.69, 9.17) is 23.7 Å². The molecule has 0 aliphatic rings. The van der Waals surface area contributed by atoms with Crippen molar-refractivity contribution in [1.29, 1.82) is 0 Å². The predicted molar refractivity (Wildman–Crippen MR) is 181 cm³/mol. The number of carbonyl (C=O) groups is 4. The Hall–Kier alpha value is -5.49. The Labute approximate surface area is 283 Å². The van der Waals surface area contributed by atoms with Crippen molar-refractivity contribution in [3.05, 3.63) is 110 Å². The average Bonchev–Trinajstić information content (AvgIpc) is 3.11. The summed E-state index contributed by atoms with van der Waals surface area (Å²) >= 11 is 0.838. The summed E-state index contributed by atoms with van der Waals surface area (Å²) in [5.74, 6) is 0.0181. The zero-order valence-electron chi connectivity index (χ0n) is 26.3. The fraction of sp³-hybridized carbons (Fsp3) is 0.222. The molecular formula is C36H36N2O9S. The molecule has 0 saturated carbocycles. The van der Waals surface area contributed by atoms with Crippen LogP contribution in [-0.4, -0.2) is 59.4 Å². The Bertz CT molecular complexity index is 1450. The van der Waals surface area contributed by atoms with E-state index in [1.54, 1.807) is 48.6 Å². The van der Waals surface area contributed by atoms with Gasteiger partial charge in [-0.05, 0) is 85.0 Å². The highest BCUT2D eigenvalue weighted by Crippen LogP contribution is 2.19. The Kier molecular flexibility index (Phi) is 16.4. The number of benzene rings is 2. The molecule has 12 heteroatoms. The summed E-state index contributed by atoms with van der Waals surface area (Å²) in [4.78, 5) is 54.8. The molecule has 11 nitrogen and oxygen atoms in total. The van der Waals surface area contributed by atoms with Gasteiger partial charge in [0.25, 0.3) is 0 Å². The molecule has 3 rings (SSSR count). The number of esters is 3. The number of thioether (sulfide) groups is 1. The van der Waals surface area contributed by atoms with Crippen LogP contribution in [0.4, 0.5) is 0 Å². The molecule has 250 valence electrons. The number of hydrogen-bond acceptors (Lipinski definition) is 12. The first-order valence-corrected chi connectivity index (χ1v) is 15.8. The maximum atomic E-state index is 12.4. The summed E-state index contributed by atoms with van der Waals surface area (Å²) in [6, 6.07) is 14.4. The third-order valence-electron chi connectivity index (χ3n) is 6.04. The minimum Gasteiger partial charge on any atom is -0.494 e. The van der Waals surface area contributed by atoms with Crippen LogP contribution in [0.3, 0.4) is 0 Å². The van der Waals surface area contributed by atoms with Gasteiger partial charge in [0, 0.05) is 18.2 Å². The lowest BCUT2D eigenvalue weighted by Crippen LogP contribution is -2.05. The zero-order valence-corrected chi connectivity index (χ0v) is 27.1. The normalized spacial score (nSPS) is 10.8. The highest BCUT2D eigenvalue weighted by Gasteiger charge is 2.07. The number of rotatable bonds is 20. The zero-order chi connectivity index (χ0) is 34.4. The second kappa shape index (κ2) is 21.3. The molecule has 0 saturated heterocycles. The number of unbranched alkanes of at least 4 members (excludes halogenated alkanes) is 2. The van der Waals surface area contributed by atoms with Crippen LogP contribution in [-0.2, 0) is 28.7 Å². The summed E-state index contributed by atoms with van der Waals surface area (Å²) in [5, 5.41) is -0.0652. The predicted octanol–water partition coefficient (Wildman–Crippen LogP) is 6.20. The molecule has 0 radical (unpaired) electrons. The summed E-state index contributed by atoms with van der Waals surface area (Å²) in [6.07, 6.45) is 13.7. The number of ether oxygens (including phenoxy) is 5. The van der Waals surface area contributed by atoms with Crippen LogP contribution >= 0.6 is 11.8 Å². The van der Waals surface area contributed by atoms with E-state index in [0.29, 0.717) is 50.8 Å². The van der Waals surface area contributed by atoms with Gasteiger partial charge in [-0.3, -0.25) is 4.79 Å². The minimum atomic E-state index is -0.613. The molecule has 1 heterocycles. The molecule has 1 aromatic heterocycles. The van der Waals surface area contributed by atoms with Gasteiger partial charge in [-0.1, -0.05) is 43.5 Å². The number of carbonyl (C=O) groups excluding carboxylic acids is 4. The van der Waals surface area contributed by atoms with Crippen LogP contribution in [0.25, 0.3) is 12.2 Å². The molecule has 0 amide bonds. The minimum absolute atomic E-state index is 0.137. The Morgan fingerprint density at radius 1 is 0.604 bits per heavy atom. The molecule has 0 fully saturated rings. The van der Waals surface area contributed by atoms with Gasteiger partial charge in [0.2, 0.25) is 5.12 Å². The maximum absolute atomic E-state index is 12.4. The lowest BCUT2D eigenvalue weighted by atomic mass is 10.2. The van der Waals surface area contributed by atoms with Gasteiger partial charge in [0.05, 0.1) is 38.8 Å². The van der Waals surface area contributed by atoms with E-state index >= 15 is 0 Å². The lowest BCUT2D eigenvalue weighted by Gasteiger charge is -2.06. The van der Waals surface area contributed by atoms with Gasteiger partial charge < -0.3 is 23.7 Å². The molecule has 48 heavy (non-hydrogen) atoms. The van der Waals surface area contributed by atoms with Gasteiger partial charge in [0.15, 0.2) is 10.9 Å². The van der Waals surface area contributed by atoms with Crippen molar-refractivity contribution in [2.24, 2.45) is 0 Å². The third-order valence-corrected chi connectivity index (χ3v) is 6.77. The summed E-state index contributed by atoms with van der Waals surface area (Å²) in [5.41, 5.74) is 1.58. The van der Waals surface area contributed by atoms with Crippen LogP contribution in [0.5, 0.6) is 17.2 Å². The van der Waals surface area contributed by atoms with Crippen LogP contribution in [0.15, 0.2) is 104 Å². The standard InChI is InChI=1S/C36H36N2O9S/c1-3-32(39)45-23-7-5-21-43-29-15-9-27(10-16-29)13-19-34(41)47-31-25-37-36(38-26-31)48-35(42)20-14-28-11-17-30(18-12-28)44-22-6-8-24-46-33(40)4-2/h3-4,9-20,25-26H,1-2,5-8,21-24H2. The fourth-order valence-corrected chi connectivity index (χ4v) is 4.14. The number of hydrogen-bond donors (Lipinski definition) is 0. The second-order valence-electron chi connectivity index (χ2n) is 9.70. The van der Waals surface area contributed by atoms with Gasteiger partial charge in [0.1, 0.15) is 11.5 Å². The average molecular weight is 673 g/mol. The van der Waals surface area contributed by atoms with Crippen molar-refractivity contribution >= 4 is 46.9 Å². The summed E-state index contributed by atoms with van der Waals surface area (Å²) in [6.45, 7) is 8.29. The molecular weight excluding hydrogens is 636 g/mol. The number of aromatic nitrogens is 2. The molecule has 0 aliphatic heterocycles. The maximum Gasteiger partial charge on any atom is 0.336 e. The van der Waals surface area contributed by atoms with Crippen LogP contribution in [0, 0.1) is 0 Å². The van der Waals surface area contributed by atoms with Crippen molar-refractivity contribution in [2.75, 3.05) is 26.4 Å². The molecule has 0 aliphatic carbocycles. The quantitative estimate of drug-likeness (QED) is 0.0443. The van der Waals surface area contributed by atoms with Crippen LogP contribution in [0.1, 0.15) is 36.8 Å². The van der Waals surface area contributed by atoms with Crippen molar-refractivity contribution < 1.29 is 42.9 Å². The molecule has 0 N–H and O–H groups in total. The first-order chi connectivity index (χ1) is 23.3. The largest absolute Gasteiger partial charge is 0.494 e. The Morgan fingerprint density at radius 2 is 1.06 bits per heavy atom. The van der Waals surface area contributed by atoms with E-state index in [1.807, 2.05) is 12.1 Å². The highest BCUT2D eigenvalue weighted by molar-refractivity contribution is 8.13. The van der Waals surface area contributed by atoms with Crippen molar-refractivity contribution in [3.63, 3.8) is 0 Å². The summed E-state index contributed by atoms with van der Waals surface area (Å²) < 4.78 is 26.4. The van der Waals surface area contributed by atoms with Gasteiger partial charge in [-0.15, -0.1) is 0 Å². The molecule has 2 aromatic carbocycles. The highest BCUT2D eigenvalue weighted by atomic mass is 32.2. The van der Waals surface area contributed by atoms with Gasteiger partial charge in [-0.25, -0.2) is 24.4 Å². The van der Waals surface area contributed by atoms with E-state index in [1.165, 1.54) is 24.5 Å². The van der Waals surface area contributed by atoms with E-state index in [9.17, 15) is 19.2 Å². The molecule has 3 aromatic rings. The van der Waals surface area contributed by atoms with Crippen LogP contribution in [0.2, 0.25) is 0 Å². The lowest BCUT2D eigenvalue weighted by molar-refractivity contribution is -0.138. The SMILES string of the molecule is C=CC(=O)OCCCCOc1ccc(C=CC(=O)Oc2cnc(SC(=O)C=Cc3ccc(OCCCCOC(=O)C=C)cc3)nc2)cc1. The Balaban J connectivity index is 1.33. The second-order valence-corrected chi connectivity index (χ2v) is 10.7. The van der Waals surface area contributed by atoms with Gasteiger partial charge >= 0.3 is 17.9 Å². The van der Waals surface area contributed by atoms with Crippen molar-refractivity contribution in [1.82, 2.24) is 9.97 Å².